The van der Waals surface area contributed by atoms with Crippen LogP contribution in [-0.2, 0) is 28.5 Å². The lowest BCUT2D eigenvalue weighted by molar-refractivity contribution is -0.143. The van der Waals surface area contributed by atoms with E-state index in [2.05, 4.69) is 10.3 Å². The number of alkyl halides is 6. The highest BCUT2D eigenvalue weighted by Crippen LogP contribution is 2.40. The highest BCUT2D eigenvalue weighted by Gasteiger charge is 2.37. The molecule has 2 amide bonds. The SMILES string of the molecule is COc1cc2c(Oc3ccc(N(Cc4cc(C(F)(F)F)cc(C(F)(F)F)c4)C(=O)C(N)=O)cc3F)ccnc2cc1OCC1CCNCC1. The molecule has 1 fully saturated rings. The van der Waals surface area contributed by atoms with Crippen LogP contribution in [0.25, 0.3) is 10.9 Å². The molecule has 0 radical (unpaired) electrons. The lowest BCUT2D eigenvalue weighted by Gasteiger charge is -2.23. The van der Waals surface area contributed by atoms with Crippen molar-refractivity contribution in [1.29, 1.82) is 0 Å². The Balaban J connectivity index is 1.43. The Hall–Kier alpha value is -5.12. The second-order valence-corrected chi connectivity index (χ2v) is 11.2. The van der Waals surface area contributed by atoms with Gasteiger partial charge in [-0.1, -0.05) is 0 Å². The van der Waals surface area contributed by atoms with Crippen LogP contribution >= 0.6 is 0 Å². The van der Waals surface area contributed by atoms with Crippen molar-refractivity contribution < 1.29 is 54.5 Å². The van der Waals surface area contributed by atoms with E-state index < -0.39 is 58.9 Å². The third-order valence-corrected chi connectivity index (χ3v) is 7.81. The van der Waals surface area contributed by atoms with Crippen molar-refractivity contribution in [2.24, 2.45) is 11.7 Å². The van der Waals surface area contributed by atoms with Gasteiger partial charge in [0.1, 0.15) is 5.75 Å². The number of anilines is 1. The molecule has 1 aliphatic heterocycles. The van der Waals surface area contributed by atoms with Gasteiger partial charge in [-0.15, -0.1) is 0 Å². The fourth-order valence-electron chi connectivity index (χ4n) is 5.31. The number of carbonyl (C=O) groups excluding carboxylic acids is 2. The molecule has 3 aromatic carbocycles. The molecule has 2 heterocycles. The monoisotopic (exact) mass is 694 g/mol. The number of carbonyl (C=O) groups is 2. The number of benzene rings is 3. The molecule has 1 aliphatic rings. The third kappa shape index (κ3) is 8.31. The van der Waals surface area contributed by atoms with Gasteiger partial charge in [-0.3, -0.25) is 19.5 Å². The number of hydrogen-bond acceptors (Lipinski definition) is 7. The maximum absolute atomic E-state index is 15.5. The molecule has 5 rings (SSSR count). The summed E-state index contributed by atoms with van der Waals surface area (Å²) in [6.07, 6.45) is -6.97. The molecule has 0 saturated carbocycles. The number of piperidine rings is 1. The number of aromatic nitrogens is 1. The van der Waals surface area contributed by atoms with Gasteiger partial charge in [0.2, 0.25) is 0 Å². The summed E-state index contributed by atoms with van der Waals surface area (Å²) in [5.41, 5.74) is 1.23. The first-order valence-corrected chi connectivity index (χ1v) is 14.8. The Morgan fingerprint density at radius 2 is 1.57 bits per heavy atom. The molecule has 0 aliphatic carbocycles. The van der Waals surface area contributed by atoms with Crippen molar-refractivity contribution in [1.82, 2.24) is 10.3 Å². The van der Waals surface area contributed by atoms with Crippen molar-refractivity contribution in [2.45, 2.75) is 31.7 Å². The molecule has 16 heteroatoms. The van der Waals surface area contributed by atoms with Crippen molar-refractivity contribution in [2.75, 3.05) is 31.7 Å². The van der Waals surface area contributed by atoms with Gasteiger partial charge in [0.05, 0.1) is 36.9 Å². The lowest BCUT2D eigenvalue weighted by atomic mass is 9.99. The maximum atomic E-state index is 15.5. The summed E-state index contributed by atoms with van der Waals surface area (Å²) in [6, 6.07) is 8.30. The molecule has 49 heavy (non-hydrogen) atoms. The van der Waals surface area contributed by atoms with E-state index >= 15 is 4.39 Å². The van der Waals surface area contributed by atoms with E-state index in [-0.39, 0.29) is 17.6 Å². The summed E-state index contributed by atoms with van der Waals surface area (Å²) in [4.78, 5) is 29.3. The first-order chi connectivity index (χ1) is 23.1. The van der Waals surface area contributed by atoms with Crippen molar-refractivity contribution >= 4 is 28.4 Å². The number of halogens is 7. The Bertz CT molecular complexity index is 1830. The minimum Gasteiger partial charge on any atom is -0.493 e. The van der Waals surface area contributed by atoms with Crippen LogP contribution in [0.4, 0.5) is 36.4 Å². The quantitative estimate of drug-likeness (QED) is 0.150. The molecule has 9 nitrogen and oxygen atoms in total. The second-order valence-electron chi connectivity index (χ2n) is 11.2. The van der Waals surface area contributed by atoms with Crippen LogP contribution < -0.4 is 30.2 Å². The zero-order chi connectivity index (χ0) is 35.5. The van der Waals surface area contributed by atoms with Crippen LogP contribution in [0.2, 0.25) is 0 Å². The number of ether oxygens (including phenoxy) is 3. The normalized spacial score (nSPS) is 14.0. The van der Waals surface area contributed by atoms with Gasteiger partial charge in [-0.05, 0) is 79.9 Å². The van der Waals surface area contributed by atoms with E-state index in [0.29, 0.717) is 52.0 Å². The van der Waals surface area contributed by atoms with Gasteiger partial charge in [0.25, 0.3) is 0 Å². The van der Waals surface area contributed by atoms with E-state index in [1.807, 2.05) is 0 Å². The first-order valence-electron chi connectivity index (χ1n) is 14.8. The Morgan fingerprint density at radius 1 is 0.898 bits per heavy atom. The average molecular weight is 695 g/mol. The molecule has 0 bridgehead atoms. The number of hydrogen-bond donors (Lipinski definition) is 2. The van der Waals surface area contributed by atoms with E-state index in [4.69, 9.17) is 19.9 Å². The van der Waals surface area contributed by atoms with E-state index in [1.165, 1.54) is 19.4 Å². The molecular formula is C33H29F7N4O5. The number of nitrogens with one attached hydrogen (secondary N) is 1. The molecule has 4 aromatic rings. The van der Waals surface area contributed by atoms with Gasteiger partial charge < -0.3 is 25.3 Å². The highest BCUT2D eigenvalue weighted by atomic mass is 19.4. The number of amides is 2. The minimum atomic E-state index is -5.16. The number of primary amides is 1. The smallest absolute Gasteiger partial charge is 0.416 e. The molecular weight excluding hydrogens is 665 g/mol. The fourth-order valence-corrected chi connectivity index (χ4v) is 5.31. The predicted molar refractivity (Wildman–Crippen MR) is 163 cm³/mol. The van der Waals surface area contributed by atoms with E-state index in [1.54, 1.807) is 12.1 Å². The Labute approximate surface area is 274 Å². The zero-order valence-electron chi connectivity index (χ0n) is 25.8. The number of fused-ring (bicyclic) bond motifs is 1. The fraction of sp³-hybridized carbons (Fsp3) is 0.303. The van der Waals surface area contributed by atoms with Crippen molar-refractivity contribution in [3.8, 4) is 23.0 Å². The standard InChI is InChI=1S/C33H29F7N4O5/c1-47-28-14-23-25(15-29(28)48-17-18-4-7-42-8-5-18)43-9-6-26(23)49-27-3-2-22(13-24(27)34)44(31(46)30(41)45)16-19-10-20(32(35,36)37)12-21(11-19)33(38,39)40/h2-3,6,9-15,18,42H,4-5,7-8,16-17H2,1H3,(H2,41,45). The summed E-state index contributed by atoms with van der Waals surface area (Å²) in [7, 11) is 1.45. The summed E-state index contributed by atoms with van der Waals surface area (Å²) in [5.74, 6) is -3.20. The van der Waals surface area contributed by atoms with Gasteiger partial charge in [-0.25, -0.2) is 4.39 Å². The Morgan fingerprint density at radius 3 is 2.16 bits per heavy atom. The van der Waals surface area contributed by atoms with E-state index in [9.17, 15) is 35.9 Å². The summed E-state index contributed by atoms with van der Waals surface area (Å²) < 4.78 is 113. The Kier molecular flexibility index (Phi) is 10.2. The molecule has 1 aromatic heterocycles. The van der Waals surface area contributed by atoms with Crippen LogP contribution in [0, 0.1) is 11.7 Å². The maximum Gasteiger partial charge on any atom is 0.416 e. The number of nitrogens with zero attached hydrogens (tertiary/aromatic N) is 2. The van der Waals surface area contributed by atoms with Gasteiger partial charge in [0, 0.05) is 29.4 Å². The molecule has 0 atom stereocenters. The summed E-state index contributed by atoms with van der Waals surface area (Å²) >= 11 is 0. The molecule has 0 unspecified atom stereocenters. The summed E-state index contributed by atoms with van der Waals surface area (Å²) in [6.45, 7) is 1.30. The molecule has 260 valence electrons. The number of methoxy groups -OCH3 is 1. The number of pyridine rings is 1. The topological polar surface area (TPSA) is 116 Å². The van der Waals surface area contributed by atoms with Crippen LogP contribution in [0.15, 0.2) is 60.8 Å². The van der Waals surface area contributed by atoms with Crippen LogP contribution in [-0.4, -0.2) is 43.6 Å². The number of nitrogens with two attached hydrogens (primary N) is 1. The van der Waals surface area contributed by atoms with Crippen molar-refractivity contribution in [3.05, 3.63) is 83.3 Å². The predicted octanol–water partition coefficient (Wildman–Crippen LogP) is 6.61. The largest absolute Gasteiger partial charge is 0.493 e. The highest BCUT2D eigenvalue weighted by molar-refractivity contribution is 6.39. The lowest BCUT2D eigenvalue weighted by Crippen LogP contribution is -2.40. The first kappa shape index (κ1) is 35.2. The van der Waals surface area contributed by atoms with Crippen LogP contribution in [0.3, 0.4) is 0 Å². The van der Waals surface area contributed by atoms with Crippen LogP contribution in [0.5, 0.6) is 23.0 Å². The average Bonchev–Trinajstić information content (AvgIpc) is 3.06. The summed E-state index contributed by atoms with van der Waals surface area (Å²) in [5, 5.41) is 3.72. The molecule has 3 N–H and O–H groups in total. The molecule has 0 spiro atoms. The zero-order valence-corrected chi connectivity index (χ0v) is 25.8. The van der Waals surface area contributed by atoms with Crippen LogP contribution in [0.1, 0.15) is 29.5 Å². The number of rotatable bonds is 9. The molecule has 1 saturated heterocycles. The second kappa shape index (κ2) is 14.2. The van der Waals surface area contributed by atoms with E-state index in [0.717, 1.165) is 44.1 Å². The van der Waals surface area contributed by atoms with Gasteiger partial charge in [-0.2, -0.15) is 26.3 Å². The van der Waals surface area contributed by atoms with Gasteiger partial charge >= 0.3 is 24.2 Å². The minimum absolute atomic E-state index is 0.0861. The van der Waals surface area contributed by atoms with Crippen molar-refractivity contribution in [3.63, 3.8) is 0 Å². The third-order valence-electron chi connectivity index (χ3n) is 7.81. The van der Waals surface area contributed by atoms with Gasteiger partial charge in [0.15, 0.2) is 23.1 Å².